The van der Waals surface area contributed by atoms with Crippen LogP contribution < -0.4 is 0 Å². The first-order chi connectivity index (χ1) is 12.1. The molecular formula is C20H24N2O3. The third kappa shape index (κ3) is 4.89. The standard InChI is InChI=1S/C20H24N2O3/c23-19(17-6-2-1-3-7-17)15-22-11-9-21(10-12-22)14-16-5-4-8-18(13-16)20(24)25/h1-8,13,19,23H,9-12,14-15H2,(H,24,25). The molecule has 0 aliphatic carbocycles. The van der Waals surface area contributed by atoms with E-state index in [1.807, 2.05) is 36.4 Å². The van der Waals surface area contributed by atoms with Crippen LogP contribution in [0, 0.1) is 0 Å². The van der Waals surface area contributed by atoms with Crippen molar-refractivity contribution in [2.75, 3.05) is 32.7 Å². The maximum absolute atomic E-state index is 11.1. The van der Waals surface area contributed by atoms with Crippen LogP contribution in [-0.4, -0.2) is 58.7 Å². The van der Waals surface area contributed by atoms with E-state index in [9.17, 15) is 9.90 Å². The van der Waals surface area contributed by atoms with E-state index in [0.29, 0.717) is 12.1 Å². The molecule has 1 fully saturated rings. The summed E-state index contributed by atoms with van der Waals surface area (Å²) >= 11 is 0. The number of aromatic carboxylic acids is 1. The van der Waals surface area contributed by atoms with Crippen molar-refractivity contribution in [2.24, 2.45) is 0 Å². The van der Waals surface area contributed by atoms with Crippen molar-refractivity contribution in [3.63, 3.8) is 0 Å². The number of nitrogens with zero attached hydrogens (tertiary/aromatic N) is 2. The van der Waals surface area contributed by atoms with E-state index >= 15 is 0 Å². The second-order valence-electron chi connectivity index (χ2n) is 6.51. The van der Waals surface area contributed by atoms with Crippen LogP contribution in [0.15, 0.2) is 54.6 Å². The van der Waals surface area contributed by atoms with E-state index in [4.69, 9.17) is 5.11 Å². The van der Waals surface area contributed by atoms with E-state index in [2.05, 4.69) is 9.80 Å². The van der Waals surface area contributed by atoms with Crippen LogP contribution in [-0.2, 0) is 6.54 Å². The van der Waals surface area contributed by atoms with Gasteiger partial charge in [-0.15, -0.1) is 0 Å². The Labute approximate surface area is 148 Å². The fourth-order valence-corrected chi connectivity index (χ4v) is 3.22. The molecule has 3 rings (SSSR count). The maximum Gasteiger partial charge on any atom is 0.335 e. The Morgan fingerprint density at radius 1 is 0.960 bits per heavy atom. The predicted octanol–water partition coefficient (Wildman–Crippen LogP) is 2.24. The molecule has 0 saturated carbocycles. The molecule has 2 N–H and O–H groups in total. The van der Waals surface area contributed by atoms with Crippen LogP contribution in [0.1, 0.15) is 27.6 Å². The molecule has 1 saturated heterocycles. The van der Waals surface area contributed by atoms with Crippen molar-refractivity contribution < 1.29 is 15.0 Å². The molecule has 1 heterocycles. The van der Waals surface area contributed by atoms with Crippen molar-refractivity contribution in [3.05, 3.63) is 71.3 Å². The Balaban J connectivity index is 1.49. The maximum atomic E-state index is 11.1. The Bertz CT molecular complexity index is 697. The minimum absolute atomic E-state index is 0.335. The number of hydrogen-bond donors (Lipinski definition) is 2. The summed E-state index contributed by atoms with van der Waals surface area (Å²) in [6.07, 6.45) is -0.458. The van der Waals surface area contributed by atoms with Crippen molar-refractivity contribution in [1.29, 1.82) is 0 Å². The zero-order valence-corrected chi connectivity index (χ0v) is 14.2. The molecule has 0 bridgehead atoms. The van der Waals surface area contributed by atoms with Crippen LogP contribution in [0.25, 0.3) is 0 Å². The van der Waals surface area contributed by atoms with Gasteiger partial charge >= 0.3 is 5.97 Å². The van der Waals surface area contributed by atoms with Crippen molar-refractivity contribution in [3.8, 4) is 0 Å². The zero-order valence-electron chi connectivity index (χ0n) is 14.2. The molecule has 132 valence electrons. The Kier molecular flexibility index (Phi) is 5.81. The lowest BCUT2D eigenvalue weighted by Crippen LogP contribution is -2.47. The minimum Gasteiger partial charge on any atom is -0.478 e. The number of carboxylic acids is 1. The Morgan fingerprint density at radius 2 is 1.64 bits per heavy atom. The van der Waals surface area contributed by atoms with Gasteiger partial charge in [-0.05, 0) is 23.3 Å². The highest BCUT2D eigenvalue weighted by molar-refractivity contribution is 5.87. The van der Waals surface area contributed by atoms with E-state index in [0.717, 1.165) is 43.9 Å². The highest BCUT2D eigenvalue weighted by Crippen LogP contribution is 2.16. The van der Waals surface area contributed by atoms with Crippen molar-refractivity contribution >= 4 is 5.97 Å². The lowest BCUT2D eigenvalue weighted by Gasteiger charge is -2.35. The quantitative estimate of drug-likeness (QED) is 0.844. The average Bonchev–Trinajstić information content (AvgIpc) is 2.64. The van der Waals surface area contributed by atoms with Gasteiger partial charge in [-0.3, -0.25) is 9.80 Å². The monoisotopic (exact) mass is 340 g/mol. The molecule has 1 aliphatic heterocycles. The van der Waals surface area contributed by atoms with E-state index in [1.54, 1.807) is 18.2 Å². The van der Waals surface area contributed by atoms with E-state index in [1.165, 1.54) is 0 Å². The predicted molar refractivity (Wildman–Crippen MR) is 96.5 cm³/mol. The van der Waals surface area contributed by atoms with Crippen molar-refractivity contribution in [1.82, 2.24) is 9.80 Å². The van der Waals surface area contributed by atoms with Gasteiger partial charge in [-0.1, -0.05) is 42.5 Å². The van der Waals surface area contributed by atoms with Crippen LogP contribution in [0.4, 0.5) is 0 Å². The van der Waals surface area contributed by atoms with E-state index < -0.39 is 12.1 Å². The number of carboxylic acid groups (broad SMARTS) is 1. The first kappa shape index (κ1) is 17.6. The average molecular weight is 340 g/mol. The summed E-state index contributed by atoms with van der Waals surface area (Å²) in [7, 11) is 0. The lowest BCUT2D eigenvalue weighted by atomic mass is 10.1. The second-order valence-corrected chi connectivity index (χ2v) is 6.51. The normalized spacial score (nSPS) is 17.3. The zero-order chi connectivity index (χ0) is 17.6. The molecule has 0 amide bonds. The van der Waals surface area contributed by atoms with E-state index in [-0.39, 0.29) is 0 Å². The number of hydrogen-bond acceptors (Lipinski definition) is 4. The summed E-state index contributed by atoms with van der Waals surface area (Å²) in [6.45, 7) is 5.05. The molecule has 0 radical (unpaired) electrons. The molecular weight excluding hydrogens is 316 g/mol. The molecule has 0 spiro atoms. The van der Waals surface area contributed by atoms with Crippen LogP contribution >= 0.6 is 0 Å². The lowest BCUT2D eigenvalue weighted by molar-refractivity contribution is 0.0693. The highest BCUT2D eigenvalue weighted by Gasteiger charge is 2.20. The largest absolute Gasteiger partial charge is 0.478 e. The van der Waals surface area contributed by atoms with Crippen molar-refractivity contribution in [2.45, 2.75) is 12.6 Å². The van der Waals surface area contributed by atoms with Gasteiger partial charge in [-0.25, -0.2) is 4.79 Å². The summed E-state index contributed by atoms with van der Waals surface area (Å²) in [5.41, 5.74) is 2.32. The summed E-state index contributed by atoms with van der Waals surface area (Å²) < 4.78 is 0. The molecule has 1 aliphatic rings. The first-order valence-corrected chi connectivity index (χ1v) is 8.62. The van der Waals surface area contributed by atoms with Gasteiger partial charge in [0.1, 0.15) is 0 Å². The van der Waals surface area contributed by atoms with Crippen LogP contribution in [0.5, 0.6) is 0 Å². The van der Waals surface area contributed by atoms with Gasteiger partial charge in [0, 0.05) is 39.3 Å². The Hall–Kier alpha value is -2.21. The molecule has 5 nitrogen and oxygen atoms in total. The van der Waals surface area contributed by atoms with Crippen LogP contribution in [0.2, 0.25) is 0 Å². The number of β-amino-alcohol motifs (C(OH)–C–C–N with tert-alkyl or cyclic N) is 1. The van der Waals surface area contributed by atoms with Crippen LogP contribution in [0.3, 0.4) is 0 Å². The summed E-state index contributed by atoms with van der Waals surface area (Å²) in [6, 6.07) is 16.9. The second kappa shape index (κ2) is 8.25. The molecule has 1 atom stereocenters. The number of rotatable bonds is 6. The van der Waals surface area contributed by atoms with Gasteiger partial charge in [0.05, 0.1) is 11.7 Å². The molecule has 1 unspecified atom stereocenters. The number of aliphatic hydroxyl groups excluding tert-OH is 1. The summed E-state index contributed by atoms with van der Waals surface area (Å²) in [4.78, 5) is 15.7. The third-order valence-corrected chi connectivity index (χ3v) is 4.66. The molecule has 25 heavy (non-hydrogen) atoms. The fourth-order valence-electron chi connectivity index (χ4n) is 3.22. The highest BCUT2D eigenvalue weighted by atomic mass is 16.4. The SMILES string of the molecule is O=C(O)c1cccc(CN2CCN(CC(O)c3ccccc3)CC2)c1. The van der Waals surface area contributed by atoms with Gasteiger partial charge < -0.3 is 10.2 Å². The molecule has 2 aromatic rings. The smallest absolute Gasteiger partial charge is 0.335 e. The topological polar surface area (TPSA) is 64.0 Å². The Morgan fingerprint density at radius 3 is 2.32 bits per heavy atom. The molecule has 5 heteroatoms. The number of piperazine rings is 1. The first-order valence-electron chi connectivity index (χ1n) is 8.62. The van der Waals surface area contributed by atoms with Gasteiger partial charge in [0.15, 0.2) is 0 Å². The van der Waals surface area contributed by atoms with Gasteiger partial charge in [0.25, 0.3) is 0 Å². The summed E-state index contributed by atoms with van der Waals surface area (Å²) in [5.74, 6) is -0.887. The number of carbonyl (C=O) groups is 1. The number of benzene rings is 2. The number of aliphatic hydroxyl groups is 1. The minimum atomic E-state index is -0.887. The molecule has 0 aromatic heterocycles. The third-order valence-electron chi connectivity index (χ3n) is 4.66. The van der Waals surface area contributed by atoms with Gasteiger partial charge in [-0.2, -0.15) is 0 Å². The summed E-state index contributed by atoms with van der Waals surface area (Å²) in [5, 5.41) is 19.4. The fraction of sp³-hybridized carbons (Fsp3) is 0.350. The molecule has 2 aromatic carbocycles. The van der Waals surface area contributed by atoms with Gasteiger partial charge in [0.2, 0.25) is 0 Å².